The molecule has 0 radical (unpaired) electrons. The van der Waals surface area contributed by atoms with Crippen molar-refractivity contribution in [3.63, 3.8) is 0 Å². The van der Waals surface area contributed by atoms with Crippen molar-refractivity contribution in [2.75, 3.05) is 0 Å². The van der Waals surface area contributed by atoms with E-state index in [4.69, 9.17) is 0 Å². The van der Waals surface area contributed by atoms with Crippen LogP contribution in [-0.2, 0) is 19.3 Å². The lowest BCUT2D eigenvalue weighted by Crippen LogP contribution is -1.86. The molecule has 15 heavy (non-hydrogen) atoms. The lowest BCUT2D eigenvalue weighted by Gasteiger charge is -1.95. The second-order valence-corrected chi connectivity index (χ2v) is 6.97. The van der Waals surface area contributed by atoms with Gasteiger partial charge >= 0.3 is 0 Å². The molecule has 2 heteroatoms. The fourth-order valence-electron chi connectivity index (χ4n) is 2.37. The van der Waals surface area contributed by atoms with E-state index in [0.29, 0.717) is 0 Å². The molecule has 2 aromatic rings. The lowest BCUT2D eigenvalue weighted by atomic mass is 10.1. The maximum Gasteiger partial charge on any atom is 0.0169 e. The molecule has 1 aliphatic rings. The second kappa shape index (κ2) is 3.46. The number of thiophene rings is 2. The number of rotatable bonds is 0. The average molecular weight is 234 g/mol. The summed E-state index contributed by atoms with van der Waals surface area (Å²) in [5.74, 6) is 0. The summed E-state index contributed by atoms with van der Waals surface area (Å²) >= 11 is 3.97. The Morgan fingerprint density at radius 1 is 0.867 bits per heavy atom. The van der Waals surface area contributed by atoms with E-state index in [1.54, 1.807) is 20.9 Å². The van der Waals surface area contributed by atoms with Crippen LogP contribution in [0, 0.1) is 13.8 Å². The van der Waals surface area contributed by atoms with Crippen LogP contribution in [0.25, 0.3) is 0 Å². The molecular weight excluding hydrogens is 220 g/mol. The van der Waals surface area contributed by atoms with E-state index in [-0.39, 0.29) is 0 Å². The Hall–Kier alpha value is -0.600. The molecule has 0 spiro atoms. The molecule has 78 valence electrons. The molecule has 0 amide bonds. The van der Waals surface area contributed by atoms with Gasteiger partial charge in [-0.2, -0.15) is 0 Å². The summed E-state index contributed by atoms with van der Waals surface area (Å²) in [6, 6.07) is 4.76. The summed E-state index contributed by atoms with van der Waals surface area (Å²) in [5, 5.41) is 0. The molecule has 0 aromatic carbocycles. The van der Waals surface area contributed by atoms with Crippen LogP contribution in [0.3, 0.4) is 0 Å². The summed E-state index contributed by atoms with van der Waals surface area (Å²) in [7, 11) is 0. The normalized spacial score (nSPS) is 14.5. The molecule has 0 N–H and O–H groups in total. The third kappa shape index (κ3) is 1.66. The summed E-state index contributed by atoms with van der Waals surface area (Å²) in [6.45, 7) is 4.44. The molecule has 0 fully saturated rings. The van der Waals surface area contributed by atoms with Crippen molar-refractivity contribution >= 4 is 22.7 Å². The SMILES string of the molecule is Cc1cc2c(s1)Cc1sc(C)cc1CC2. The average Bonchev–Trinajstić information content (AvgIpc) is 2.65. The summed E-state index contributed by atoms with van der Waals surface area (Å²) in [5.41, 5.74) is 3.19. The van der Waals surface area contributed by atoms with Crippen LogP contribution in [0.5, 0.6) is 0 Å². The summed E-state index contributed by atoms with van der Waals surface area (Å²) in [6.07, 6.45) is 3.66. The van der Waals surface area contributed by atoms with Crippen molar-refractivity contribution in [2.45, 2.75) is 33.1 Å². The predicted octanol–water partition coefficient (Wildman–Crippen LogP) is 4.12. The maximum absolute atomic E-state index is 2.38. The van der Waals surface area contributed by atoms with Crippen LogP contribution < -0.4 is 0 Å². The van der Waals surface area contributed by atoms with Gasteiger partial charge in [0.1, 0.15) is 0 Å². The van der Waals surface area contributed by atoms with Gasteiger partial charge in [0.25, 0.3) is 0 Å². The molecule has 0 atom stereocenters. The third-order valence-electron chi connectivity index (χ3n) is 3.02. The lowest BCUT2D eigenvalue weighted by molar-refractivity contribution is 0.974. The first-order valence-electron chi connectivity index (χ1n) is 5.39. The summed E-state index contributed by atoms with van der Waals surface area (Å²) < 4.78 is 0. The Kier molecular flexibility index (Phi) is 2.22. The predicted molar refractivity (Wildman–Crippen MR) is 68.3 cm³/mol. The van der Waals surface area contributed by atoms with E-state index in [9.17, 15) is 0 Å². The Morgan fingerprint density at radius 2 is 1.33 bits per heavy atom. The van der Waals surface area contributed by atoms with E-state index < -0.39 is 0 Å². The van der Waals surface area contributed by atoms with Gasteiger partial charge in [-0.15, -0.1) is 22.7 Å². The molecule has 2 aromatic heterocycles. The van der Waals surface area contributed by atoms with E-state index in [1.165, 1.54) is 29.0 Å². The van der Waals surface area contributed by atoms with Crippen LogP contribution in [0.4, 0.5) is 0 Å². The van der Waals surface area contributed by atoms with E-state index in [0.717, 1.165) is 0 Å². The smallest absolute Gasteiger partial charge is 0.0169 e. The van der Waals surface area contributed by atoms with Gasteiger partial charge in [-0.3, -0.25) is 0 Å². The fourth-order valence-corrected chi connectivity index (χ4v) is 4.66. The highest BCUT2D eigenvalue weighted by Gasteiger charge is 2.17. The molecule has 0 saturated carbocycles. The van der Waals surface area contributed by atoms with Crippen molar-refractivity contribution in [1.29, 1.82) is 0 Å². The Bertz CT molecular complexity index is 456. The van der Waals surface area contributed by atoms with Crippen LogP contribution in [0.15, 0.2) is 12.1 Å². The van der Waals surface area contributed by atoms with Crippen LogP contribution in [0.1, 0.15) is 30.6 Å². The monoisotopic (exact) mass is 234 g/mol. The minimum atomic E-state index is 1.18. The first-order valence-corrected chi connectivity index (χ1v) is 7.02. The van der Waals surface area contributed by atoms with Gasteiger partial charge in [-0.25, -0.2) is 0 Å². The molecule has 0 bridgehead atoms. The number of aryl methyl sites for hydroxylation is 4. The van der Waals surface area contributed by atoms with Gasteiger partial charge < -0.3 is 0 Å². The first-order chi connectivity index (χ1) is 7.22. The Labute approximate surface area is 98.6 Å². The first kappa shape index (κ1) is 9.61. The third-order valence-corrected chi connectivity index (χ3v) is 5.21. The van der Waals surface area contributed by atoms with Gasteiger partial charge in [0, 0.05) is 25.9 Å². The van der Waals surface area contributed by atoms with Gasteiger partial charge in [0.05, 0.1) is 0 Å². The molecule has 0 saturated heterocycles. The van der Waals surface area contributed by atoms with Crippen LogP contribution in [-0.4, -0.2) is 0 Å². The standard InChI is InChI=1S/C13H14S2/c1-8-5-10-3-4-11-6-9(2)15-13(11)7-12(10)14-8/h5-6H,3-4,7H2,1-2H3. The zero-order valence-corrected chi connectivity index (χ0v) is 10.7. The maximum atomic E-state index is 2.38. The molecule has 3 rings (SSSR count). The number of fused-ring (bicyclic) bond motifs is 2. The Balaban J connectivity index is 2.07. The van der Waals surface area contributed by atoms with E-state index in [1.807, 2.05) is 22.7 Å². The highest BCUT2D eigenvalue weighted by atomic mass is 32.1. The summed E-state index contributed by atoms with van der Waals surface area (Å²) in [4.78, 5) is 6.15. The van der Waals surface area contributed by atoms with Gasteiger partial charge in [-0.1, -0.05) is 0 Å². The van der Waals surface area contributed by atoms with E-state index >= 15 is 0 Å². The zero-order valence-electron chi connectivity index (χ0n) is 9.09. The van der Waals surface area contributed by atoms with Gasteiger partial charge in [0.15, 0.2) is 0 Å². The molecule has 0 unspecified atom stereocenters. The number of hydrogen-bond acceptors (Lipinski definition) is 2. The second-order valence-electron chi connectivity index (χ2n) is 4.29. The highest BCUT2D eigenvalue weighted by Crippen LogP contribution is 2.34. The molecule has 2 heterocycles. The van der Waals surface area contributed by atoms with Gasteiger partial charge in [0.2, 0.25) is 0 Å². The largest absolute Gasteiger partial charge is 0.145 e. The number of hydrogen-bond donors (Lipinski definition) is 0. The highest BCUT2D eigenvalue weighted by molar-refractivity contribution is 7.13. The fraction of sp³-hybridized carbons (Fsp3) is 0.385. The van der Waals surface area contributed by atoms with Crippen molar-refractivity contribution in [2.24, 2.45) is 0 Å². The zero-order chi connectivity index (χ0) is 10.4. The topological polar surface area (TPSA) is 0 Å². The van der Waals surface area contributed by atoms with Crippen molar-refractivity contribution in [1.82, 2.24) is 0 Å². The minimum absolute atomic E-state index is 1.18. The molecule has 0 nitrogen and oxygen atoms in total. The Morgan fingerprint density at radius 3 is 1.80 bits per heavy atom. The van der Waals surface area contributed by atoms with Crippen molar-refractivity contribution in [3.8, 4) is 0 Å². The minimum Gasteiger partial charge on any atom is -0.145 e. The van der Waals surface area contributed by atoms with Crippen LogP contribution in [0.2, 0.25) is 0 Å². The molecule has 0 aliphatic heterocycles. The quantitative estimate of drug-likeness (QED) is 0.643. The van der Waals surface area contributed by atoms with E-state index in [2.05, 4.69) is 26.0 Å². The van der Waals surface area contributed by atoms with Crippen molar-refractivity contribution < 1.29 is 0 Å². The van der Waals surface area contributed by atoms with Crippen LogP contribution >= 0.6 is 22.7 Å². The molecule has 1 aliphatic carbocycles. The van der Waals surface area contributed by atoms with Gasteiger partial charge in [-0.05, 0) is 49.9 Å². The molecular formula is C13H14S2. The van der Waals surface area contributed by atoms with Crippen molar-refractivity contribution in [3.05, 3.63) is 42.8 Å².